The molecule has 0 aliphatic heterocycles. The molecule has 1 heterocycles. The number of aryl methyl sites for hydroxylation is 1. The molecule has 0 aliphatic rings. The van der Waals surface area contributed by atoms with Gasteiger partial charge in [0.15, 0.2) is 0 Å². The van der Waals surface area contributed by atoms with Gasteiger partial charge in [0, 0.05) is 33.3 Å². The lowest BCUT2D eigenvalue weighted by atomic mass is 10.4. The molecule has 1 rings (SSSR count). The maximum absolute atomic E-state index is 5.46. The van der Waals surface area contributed by atoms with Gasteiger partial charge in [0.05, 0.1) is 19.3 Å². The Bertz CT molecular complexity index is 289. The van der Waals surface area contributed by atoms with Crippen LogP contribution in [-0.4, -0.2) is 38.5 Å². The van der Waals surface area contributed by atoms with Crippen molar-refractivity contribution < 1.29 is 13.9 Å². The van der Waals surface area contributed by atoms with Crippen molar-refractivity contribution >= 4 is 0 Å². The molecule has 0 spiro atoms. The van der Waals surface area contributed by atoms with Crippen LogP contribution in [-0.2, 0) is 22.4 Å². The Hall–Kier alpha value is -0.910. The first-order valence-corrected chi connectivity index (χ1v) is 6.07. The lowest BCUT2D eigenvalue weighted by molar-refractivity contribution is 0.104. The van der Waals surface area contributed by atoms with Crippen molar-refractivity contribution in [2.24, 2.45) is 0 Å². The van der Waals surface area contributed by atoms with Crippen molar-refractivity contribution in [2.45, 2.75) is 26.3 Å². The Balaban J connectivity index is 1.93. The third-order valence-corrected chi connectivity index (χ3v) is 2.29. The average Bonchev–Trinajstić information content (AvgIpc) is 2.80. The smallest absolute Gasteiger partial charge is 0.208 e. The van der Waals surface area contributed by atoms with E-state index in [1.807, 2.05) is 6.92 Å². The normalized spacial score (nSPS) is 10.9. The maximum Gasteiger partial charge on any atom is 0.208 e. The van der Waals surface area contributed by atoms with Gasteiger partial charge in [-0.3, -0.25) is 0 Å². The van der Waals surface area contributed by atoms with Crippen LogP contribution in [0.25, 0.3) is 0 Å². The minimum atomic E-state index is 0.654. The molecule has 0 bridgehead atoms. The number of ether oxygens (including phenoxy) is 2. The molecule has 0 saturated heterocycles. The first-order valence-electron chi connectivity index (χ1n) is 6.07. The zero-order valence-corrected chi connectivity index (χ0v) is 10.7. The van der Waals surface area contributed by atoms with Crippen LogP contribution < -0.4 is 5.32 Å². The largest absolute Gasteiger partial charge is 0.444 e. The summed E-state index contributed by atoms with van der Waals surface area (Å²) >= 11 is 0. The van der Waals surface area contributed by atoms with Crippen LogP contribution >= 0.6 is 0 Å². The minimum Gasteiger partial charge on any atom is -0.444 e. The fraction of sp³-hybridized carbons (Fsp3) is 0.750. The molecule has 17 heavy (non-hydrogen) atoms. The third kappa shape index (κ3) is 6.41. The van der Waals surface area contributed by atoms with Crippen molar-refractivity contribution in [1.29, 1.82) is 0 Å². The fourth-order valence-corrected chi connectivity index (χ4v) is 1.34. The van der Waals surface area contributed by atoms with E-state index in [1.54, 1.807) is 13.3 Å². The Kier molecular flexibility index (Phi) is 7.62. The summed E-state index contributed by atoms with van der Waals surface area (Å²) in [6, 6.07) is 0. The van der Waals surface area contributed by atoms with Crippen LogP contribution in [0.2, 0.25) is 0 Å². The number of oxazole rings is 1. The molecule has 0 radical (unpaired) electrons. The second kappa shape index (κ2) is 9.15. The molecule has 0 atom stereocenters. The number of nitrogens with one attached hydrogen (secondary N) is 1. The molecule has 1 aromatic heterocycles. The van der Waals surface area contributed by atoms with Gasteiger partial charge >= 0.3 is 0 Å². The highest BCUT2D eigenvalue weighted by atomic mass is 16.5. The molecule has 1 aromatic rings. The summed E-state index contributed by atoms with van der Waals surface area (Å²) in [6.07, 6.45) is 3.60. The van der Waals surface area contributed by atoms with Crippen LogP contribution in [0.5, 0.6) is 0 Å². The van der Waals surface area contributed by atoms with Gasteiger partial charge in [0.2, 0.25) is 5.89 Å². The molecule has 5 nitrogen and oxygen atoms in total. The van der Waals surface area contributed by atoms with E-state index in [2.05, 4.69) is 10.3 Å². The van der Waals surface area contributed by atoms with Gasteiger partial charge in [-0.25, -0.2) is 4.98 Å². The highest BCUT2D eigenvalue weighted by Crippen LogP contribution is 2.03. The van der Waals surface area contributed by atoms with Crippen molar-refractivity contribution in [3.63, 3.8) is 0 Å². The molecular weight excluding hydrogens is 220 g/mol. The topological polar surface area (TPSA) is 56.5 Å². The van der Waals surface area contributed by atoms with E-state index in [1.165, 1.54) is 0 Å². The van der Waals surface area contributed by atoms with E-state index in [9.17, 15) is 0 Å². The van der Waals surface area contributed by atoms with Gasteiger partial charge in [-0.1, -0.05) is 6.92 Å². The fourth-order valence-electron chi connectivity index (χ4n) is 1.34. The molecular formula is C12H22N2O3. The number of methoxy groups -OCH3 is 1. The van der Waals surface area contributed by atoms with Gasteiger partial charge in [-0.05, 0) is 6.42 Å². The van der Waals surface area contributed by atoms with Crippen LogP contribution in [0.1, 0.15) is 25.0 Å². The lowest BCUT2D eigenvalue weighted by Gasteiger charge is -2.04. The summed E-state index contributed by atoms with van der Waals surface area (Å²) in [5.41, 5.74) is 0. The molecule has 0 aliphatic carbocycles. The van der Waals surface area contributed by atoms with E-state index in [-0.39, 0.29) is 0 Å². The monoisotopic (exact) mass is 242 g/mol. The van der Waals surface area contributed by atoms with Crippen LogP contribution in [0.3, 0.4) is 0 Å². The molecule has 0 amide bonds. The zero-order valence-electron chi connectivity index (χ0n) is 10.7. The highest BCUT2D eigenvalue weighted by Gasteiger charge is 2.00. The van der Waals surface area contributed by atoms with Gasteiger partial charge in [-0.2, -0.15) is 0 Å². The van der Waals surface area contributed by atoms with E-state index in [4.69, 9.17) is 13.9 Å². The Morgan fingerprint density at radius 3 is 2.94 bits per heavy atom. The second-order valence-electron chi connectivity index (χ2n) is 3.71. The number of hydrogen-bond acceptors (Lipinski definition) is 5. The number of nitrogens with zero attached hydrogens (tertiary/aromatic N) is 1. The molecule has 5 heteroatoms. The number of aromatic nitrogens is 1. The number of rotatable bonds is 10. The van der Waals surface area contributed by atoms with Gasteiger partial charge < -0.3 is 19.2 Å². The van der Waals surface area contributed by atoms with Gasteiger partial charge in [0.1, 0.15) is 5.76 Å². The predicted octanol–water partition coefficient (Wildman–Crippen LogP) is 1.38. The Labute approximate surface area is 103 Å². The summed E-state index contributed by atoms with van der Waals surface area (Å²) in [6.45, 7) is 5.70. The van der Waals surface area contributed by atoms with Gasteiger partial charge in [-0.15, -0.1) is 0 Å². The first-order chi connectivity index (χ1) is 8.36. The third-order valence-electron chi connectivity index (χ3n) is 2.29. The molecule has 0 fully saturated rings. The van der Waals surface area contributed by atoms with Crippen LogP contribution in [0.4, 0.5) is 0 Å². The SMILES string of the molecule is CCc1cnc(CNCCOCCCOC)o1. The molecule has 1 N–H and O–H groups in total. The van der Waals surface area contributed by atoms with Crippen molar-refractivity contribution in [1.82, 2.24) is 10.3 Å². The van der Waals surface area contributed by atoms with E-state index < -0.39 is 0 Å². The zero-order chi connectivity index (χ0) is 12.3. The summed E-state index contributed by atoms with van der Waals surface area (Å²) in [7, 11) is 1.70. The molecule has 98 valence electrons. The number of hydrogen-bond donors (Lipinski definition) is 1. The summed E-state index contributed by atoms with van der Waals surface area (Å²) < 4.78 is 15.8. The molecule has 0 unspecified atom stereocenters. The lowest BCUT2D eigenvalue weighted by Crippen LogP contribution is -2.19. The highest BCUT2D eigenvalue weighted by molar-refractivity contribution is 4.93. The van der Waals surface area contributed by atoms with Crippen LogP contribution in [0.15, 0.2) is 10.6 Å². The standard InChI is InChI=1S/C12H22N2O3/c1-3-11-9-14-12(17-11)10-13-5-8-16-7-4-6-15-2/h9,13H,3-8,10H2,1-2H3. The van der Waals surface area contributed by atoms with Crippen molar-refractivity contribution in [3.8, 4) is 0 Å². The maximum atomic E-state index is 5.46. The summed E-state index contributed by atoms with van der Waals surface area (Å²) in [5, 5.41) is 3.22. The van der Waals surface area contributed by atoms with E-state index in [0.717, 1.165) is 44.3 Å². The van der Waals surface area contributed by atoms with E-state index in [0.29, 0.717) is 13.2 Å². The molecule has 0 saturated carbocycles. The van der Waals surface area contributed by atoms with Crippen LogP contribution in [0, 0.1) is 0 Å². The minimum absolute atomic E-state index is 0.654. The average molecular weight is 242 g/mol. The van der Waals surface area contributed by atoms with Gasteiger partial charge in [0.25, 0.3) is 0 Å². The quantitative estimate of drug-likeness (QED) is 0.628. The second-order valence-corrected chi connectivity index (χ2v) is 3.71. The van der Waals surface area contributed by atoms with Crippen molar-refractivity contribution in [3.05, 3.63) is 17.8 Å². The van der Waals surface area contributed by atoms with E-state index >= 15 is 0 Å². The Morgan fingerprint density at radius 1 is 1.35 bits per heavy atom. The molecule has 0 aromatic carbocycles. The first kappa shape index (κ1) is 14.2. The summed E-state index contributed by atoms with van der Waals surface area (Å²) in [4.78, 5) is 4.16. The summed E-state index contributed by atoms with van der Waals surface area (Å²) in [5.74, 6) is 1.67. The van der Waals surface area contributed by atoms with Crippen molar-refractivity contribution in [2.75, 3.05) is 33.5 Å². The predicted molar refractivity (Wildman–Crippen MR) is 64.9 cm³/mol. The Morgan fingerprint density at radius 2 is 2.24 bits per heavy atom.